The molecule has 0 bridgehead atoms. The Kier molecular flexibility index (Phi) is 6.16. The summed E-state index contributed by atoms with van der Waals surface area (Å²) in [6.07, 6.45) is 0. The molecular formula is C13H16BrN3O4. The summed E-state index contributed by atoms with van der Waals surface area (Å²) in [5.41, 5.74) is 0.377. The summed E-state index contributed by atoms with van der Waals surface area (Å²) in [5, 5.41) is 14.1. The van der Waals surface area contributed by atoms with E-state index in [2.05, 4.69) is 26.6 Å². The molecular weight excluding hydrogens is 342 g/mol. The molecule has 0 heterocycles. The van der Waals surface area contributed by atoms with E-state index in [1.807, 2.05) is 0 Å². The van der Waals surface area contributed by atoms with Crippen LogP contribution in [0.2, 0.25) is 0 Å². The van der Waals surface area contributed by atoms with Gasteiger partial charge in [0, 0.05) is 18.1 Å². The van der Waals surface area contributed by atoms with Gasteiger partial charge >= 0.3 is 12.0 Å². The molecule has 8 heteroatoms. The van der Waals surface area contributed by atoms with Crippen LogP contribution in [-0.2, 0) is 4.79 Å². The van der Waals surface area contributed by atoms with Crippen LogP contribution in [0.5, 0.6) is 0 Å². The van der Waals surface area contributed by atoms with Gasteiger partial charge in [-0.25, -0.2) is 9.59 Å². The van der Waals surface area contributed by atoms with Gasteiger partial charge in [-0.3, -0.25) is 4.79 Å². The number of carboxylic acid groups (broad SMARTS) is 1. The van der Waals surface area contributed by atoms with E-state index < -0.39 is 12.0 Å². The van der Waals surface area contributed by atoms with Crippen LogP contribution in [0.15, 0.2) is 22.7 Å². The lowest BCUT2D eigenvalue weighted by Gasteiger charge is -2.18. The zero-order valence-electron chi connectivity index (χ0n) is 11.6. The second-order valence-electron chi connectivity index (χ2n) is 4.24. The summed E-state index contributed by atoms with van der Waals surface area (Å²) >= 11 is 3.23. The van der Waals surface area contributed by atoms with E-state index in [9.17, 15) is 14.4 Å². The molecule has 0 fully saturated rings. The Bertz CT molecular complexity index is 562. The average Bonchev–Trinajstić information content (AvgIpc) is 2.40. The van der Waals surface area contributed by atoms with Crippen LogP contribution in [0.3, 0.4) is 0 Å². The first-order valence-corrected chi connectivity index (χ1v) is 6.96. The second kappa shape index (κ2) is 7.63. The summed E-state index contributed by atoms with van der Waals surface area (Å²) in [6, 6.07) is 3.78. The first-order chi connectivity index (χ1) is 9.85. The molecule has 1 aromatic rings. The van der Waals surface area contributed by atoms with E-state index in [-0.39, 0.29) is 18.0 Å². The van der Waals surface area contributed by atoms with Gasteiger partial charge < -0.3 is 20.6 Å². The number of rotatable bonds is 5. The molecule has 21 heavy (non-hydrogen) atoms. The Morgan fingerprint density at radius 3 is 2.57 bits per heavy atom. The molecule has 3 N–H and O–H groups in total. The van der Waals surface area contributed by atoms with Crippen LogP contribution < -0.4 is 10.6 Å². The summed E-state index contributed by atoms with van der Waals surface area (Å²) in [5.74, 6) is -1.36. The molecule has 0 spiro atoms. The smallest absolute Gasteiger partial charge is 0.335 e. The van der Waals surface area contributed by atoms with Crippen molar-refractivity contribution in [3.63, 3.8) is 0 Å². The Labute approximate surface area is 130 Å². The Morgan fingerprint density at radius 1 is 1.33 bits per heavy atom. The number of nitrogens with one attached hydrogen (secondary N) is 2. The van der Waals surface area contributed by atoms with Crippen LogP contribution in [0.1, 0.15) is 17.3 Å². The largest absolute Gasteiger partial charge is 0.478 e. The summed E-state index contributed by atoms with van der Waals surface area (Å²) in [6.45, 7) is 2.18. The lowest BCUT2D eigenvalue weighted by molar-refractivity contribution is -0.121. The van der Waals surface area contributed by atoms with Gasteiger partial charge in [0.2, 0.25) is 5.91 Å². The van der Waals surface area contributed by atoms with E-state index in [0.717, 1.165) is 0 Å². The fraction of sp³-hybridized carbons (Fsp3) is 0.308. The van der Waals surface area contributed by atoms with Crippen molar-refractivity contribution >= 4 is 39.5 Å². The predicted octanol–water partition coefficient (Wildman–Crippen LogP) is 1.75. The SMILES string of the molecule is CCNC(=O)CN(C)C(=O)Nc1cc(C(=O)O)ccc1Br. The number of amides is 3. The summed E-state index contributed by atoms with van der Waals surface area (Å²) in [7, 11) is 1.47. The van der Waals surface area contributed by atoms with Crippen molar-refractivity contribution in [3.05, 3.63) is 28.2 Å². The first-order valence-electron chi connectivity index (χ1n) is 6.16. The third kappa shape index (κ3) is 5.07. The zero-order chi connectivity index (χ0) is 16.0. The van der Waals surface area contributed by atoms with E-state index in [0.29, 0.717) is 16.7 Å². The number of halogens is 1. The molecule has 0 aliphatic carbocycles. The third-order valence-corrected chi connectivity index (χ3v) is 3.25. The number of likely N-dealkylation sites (N-methyl/N-ethyl adjacent to an activating group) is 2. The number of carbonyl (C=O) groups is 3. The van der Waals surface area contributed by atoms with Crippen LogP contribution in [0, 0.1) is 0 Å². The lowest BCUT2D eigenvalue weighted by Crippen LogP contribution is -2.40. The maximum atomic E-state index is 12.0. The van der Waals surface area contributed by atoms with E-state index in [1.165, 1.54) is 30.1 Å². The molecule has 0 saturated heterocycles. The highest BCUT2D eigenvalue weighted by atomic mass is 79.9. The highest BCUT2D eigenvalue weighted by molar-refractivity contribution is 9.10. The molecule has 0 aliphatic rings. The van der Waals surface area contributed by atoms with E-state index in [1.54, 1.807) is 6.92 Å². The minimum atomic E-state index is -1.09. The molecule has 0 aliphatic heterocycles. The minimum Gasteiger partial charge on any atom is -0.478 e. The van der Waals surface area contributed by atoms with Crippen molar-refractivity contribution in [2.45, 2.75) is 6.92 Å². The van der Waals surface area contributed by atoms with Gasteiger partial charge in [0.05, 0.1) is 11.3 Å². The van der Waals surface area contributed by atoms with Crippen molar-refractivity contribution in [1.29, 1.82) is 0 Å². The summed E-state index contributed by atoms with van der Waals surface area (Å²) in [4.78, 5) is 35.5. The number of nitrogens with zero attached hydrogens (tertiary/aromatic N) is 1. The molecule has 0 radical (unpaired) electrons. The minimum absolute atomic E-state index is 0.0554. The van der Waals surface area contributed by atoms with E-state index in [4.69, 9.17) is 5.11 Å². The molecule has 0 aromatic heterocycles. The topological polar surface area (TPSA) is 98.7 Å². The summed E-state index contributed by atoms with van der Waals surface area (Å²) < 4.78 is 0.548. The van der Waals surface area contributed by atoms with Gasteiger partial charge in [0.15, 0.2) is 0 Å². The van der Waals surface area contributed by atoms with Gasteiger partial charge in [-0.2, -0.15) is 0 Å². The molecule has 0 atom stereocenters. The standard InChI is InChI=1S/C13H16BrN3O4/c1-3-15-11(18)7-17(2)13(21)16-10-6-8(12(19)20)4-5-9(10)14/h4-6H,3,7H2,1-2H3,(H,15,18)(H,16,21)(H,19,20). The number of hydrogen-bond donors (Lipinski definition) is 3. The quantitative estimate of drug-likeness (QED) is 0.747. The Morgan fingerprint density at radius 2 is 2.00 bits per heavy atom. The molecule has 1 rings (SSSR count). The van der Waals surface area contributed by atoms with Gasteiger partial charge in [-0.15, -0.1) is 0 Å². The number of carbonyl (C=O) groups excluding carboxylic acids is 2. The van der Waals surface area contributed by atoms with E-state index >= 15 is 0 Å². The van der Waals surface area contributed by atoms with Crippen LogP contribution in [0.4, 0.5) is 10.5 Å². The van der Waals surface area contributed by atoms with Gasteiger partial charge in [-0.1, -0.05) is 0 Å². The highest BCUT2D eigenvalue weighted by Gasteiger charge is 2.15. The maximum Gasteiger partial charge on any atom is 0.335 e. The van der Waals surface area contributed by atoms with Gasteiger partial charge in [-0.05, 0) is 41.1 Å². The fourth-order valence-electron chi connectivity index (χ4n) is 1.51. The molecule has 3 amide bonds. The molecule has 7 nitrogen and oxygen atoms in total. The number of benzene rings is 1. The van der Waals surface area contributed by atoms with Crippen LogP contribution in [0.25, 0.3) is 0 Å². The average molecular weight is 358 g/mol. The fourth-order valence-corrected chi connectivity index (χ4v) is 1.85. The van der Waals surface area contributed by atoms with Crippen LogP contribution >= 0.6 is 15.9 Å². The molecule has 114 valence electrons. The van der Waals surface area contributed by atoms with Crippen molar-refractivity contribution in [1.82, 2.24) is 10.2 Å². The lowest BCUT2D eigenvalue weighted by atomic mass is 10.2. The Balaban J connectivity index is 2.76. The van der Waals surface area contributed by atoms with Gasteiger partial charge in [0.1, 0.15) is 6.54 Å². The molecule has 0 saturated carbocycles. The van der Waals surface area contributed by atoms with Crippen molar-refractivity contribution in [2.75, 3.05) is 25.5 Å². The highest BCUT2D eigenvalue weighted by Crippen LogP contribution is 2.24. The van der Waals surface area contributed by atoms with Crippen molar-refractivity contribution in [3.8, 4) is 0 Å². The normalized spacial score (nSPS) is 9.86. The monoisotopic (exact) mass is 357 g/mol. The van der Waals surface area contributed by atoms with Crippen molar-refractivity contribution < 1.29 is 19.5 Å². The number of aromatic carboxylic acids is 1. The third-order valence-electron chi connectivity index (χ3n) is 2.56. The number of urea groups is 1. The molecule has 0 unspecified atom stereocenters. The number of carboxylic acids is 1. The second-order valence-corrected chi connectivity index (χ2v) is 5.09. The van der Waals surface area contributed by atoms with Crippen molar-refractivity contribution in [2.24, 2.45) is 0 Å². The van der Waals surface area contributed by atoms with Gasteiger partial charge in [0.25, 0.3) is 0 Å². The predicted molar refractivity (Wildman–Crippen MR) is 81.4 cm³/mol. The first kappa shape index (κ1) is 17.0. The molecule has 1 aromatic carbocycles. The van der Waals surface area contributed by atoms with Crippen LogP contribution in [-0.4, -0.2) is 48.1 Å². The Hall–Kier alpha value is -2.09. The maximum absolute atomic E-state index is 12.0. The zero-order valence-corrected chi connectivity index (χ0v) is 13.2. The number of hydrogen-bond acceptors (Lipinski definition) is 3. The number of anilines is 1.